The van der Waals surface area contributed by atoms with Gasteiger partial charge in [0.15, 0.2) is 5.78 Å². The van der Waals surface area contributed by atoms with E-state index in [1.807, 2.05) is 26.0 Å². The first-order valence-corrected chi connectivity index (χ1v) is 10.8. The highest BCUT2D eigenvalue weighted by Gasteiger charge is 2.52. The highest BCUT2D eigenvalue weighted by atomic mass is 16.5. The molecule has 1 aromatic carbocycles. The van der Waals surface area contributed by atoms with Crippen LogP contribution < -0.4 is 0 Å². The molecule has 2 aliphatic heterocycles. The van der Waals surface area contributed by atoms with Crippen LogP contribution in [0, 0.1) is 19.8 Å². The third kappa shape index (κ3) is 4.34. The molecule has 1 aromatic heterocycles. The summed E-state index contributed by atoms with van der Waals surface area (Å²) >= 11 is 0. The largest absolute Gasteiger partial charge is 0.467 e. The topological polar surface area (TPSA) is 80.1 Å². The maximum Gasteiger partial charge on any atom is 0.291 e. The Morgan fingerprint density at radius 1 is 1.10 bits per heavy atom. The summed E-state index contributed by atoms with van der Waals surface area (Å²) in [6.07, 6.45) is 2.22. The van der Waals surface area contributed by atoms with Crippen LogP contribution in [0.3, 0.4) is 0 Å². The Morgan fingerprint density at radius 2 is 1.87 bits per heavy atom. The summed E-state index contributed by atoms with van der Waals surface area (Å²) in [5.41, 5.74) is 2.21. The monoisotopic (exact) mass is 424 g/mol. The number of ketones is 2. The molecule has 2 saturated heterocycles. The SMILES string of the molecule is Cc1ccc(C)c(C(=O)C2C(=O)C(=O)N(CCCN3CCOCC3)C2c2ccco2)c1. The zero-order valence-electron chi connectivity index (χ0n) is 18.0. The van der Waals surface area contributed by atoms with Crippen LogP contribution in [0.15, 0.2) is 41.0 Å². The summed E-state index contributed by atoms with van der Waals surface area (Å²) < 4.78 is 11.0. The Kier molecular flexibility index (Phi) is 6.34. The number of benzene rings is 1. The predicted octanol–water partition coefficient (Wildman–Crippen LogP) is 2.57. The first kappa shape index (κ1) is 21.5. The van der Waals surface area contributed by atoms with E-state index in [9.17, 15) is 14.4 Å². The van der Waals surface area contributed by atoms with Gasteiger partial charge >= 0.3 is 0 Å². The molecule has 0 bridgehead atoms. The number of carbonyl (C=O) groups is 3. The minimum absolute atomic E-state index is 0.323. The molecule has 2 unspecified atom stereocenters. The van der Waals surface area contributed by atoms with E-state index in [0.29, 0.717) is 37.5 Å². The molecular formula is C24H28N2O5. The van der Waals surface area contributed by atoms with Gasteiger partial charge in [0.2, 0.25) is 5.78 Å². The highest BCUT2D eigenvalue weighted by molar-refractivity contribution is 6.44. The maximum absolute atomic E-state index is 13.5. The van der Waals surface area contributed by atoms with Crippen molar-refractivity contribution in [2.75, 3.05) is 39.4 Å². The van der Waals surface area contributed by atoms with Gasteiger partial charge in [0.1, 0.15) is 17.7 Å². The van der Waals surface area contributed by atoms with E-state index < -0.39 is 23.7 Å². The van der Waals surface area contributed by atoms with Crippen molar-refractivity contribution in [1.29, 1.82) is 0 Å². The fraction of sp³-hybridized carbons (Fsp3) is 0.458. The molecule has 2 aromatic rings. The van der Waals surface area contributed by atoms with Crippen LogP contribution in [0.1, 0.15) is 39.7 Å². The van der Waals surface area contributed by atoms with E-state index in [0.717, 1.165) is 30.8 Å². The van der Waals surface area contributed by atoms with Crippen LogP contribution >= 0.6 is 0 Å². The number of furan rings is 1. The second-order valence-electron chi connectivity index (χ2n) is 8.29. The van der Waals surface area contributed by atoms with Gasteiger partial charge in [-0.05, 0) is 44.0 Å². The number of carbonyl (C=O) groups excluding carboxylic acids is 3. The number of hydrogen-bond acceptors (Lipinski definition) is 6. The molecule has 0 aliphatic carbocycles. The number of aryl methyl sites for hydroxylation is 2. The number of rotatable bonds is 7. The van der Waals surface area contributed by atoms with Crippen LogP contribution in [0.4, 0.5) is 0 Å². The molecule has 0 radical (unpaired) electrons. The van der Waals surface area contributed by atoms with Gasteiger partial charge in [-0.3, -0.25) is 19.3 Å². The number of likely N-dealkylation sites (tertiary alicyclic amines) is 1. The standard InChI is InChI=1S/C24H28N2O5/c1-16-6-7-17(2)18(15-16)22(27)20-21(19-5-3-12-31-19)26(24(29)23(20)28)9-4-8-25-10-13-30-14-11-25/h3,5-7,12,15,20-21H,4,8-11,13-14H2,1-2H3. The Balaban J connectivity index is 1.59. The zero-order chi connectivity index (χ0) is 22.0. The normalized spacial score (nSPS) is 22.3. The summed E-state index contributed by atoms with van der Waals surface area (Å²) in [5.74, 6) is -2.21. The third-order valence-electron chi connectivity index (χ3n) is 6.16. The average molecular weight is 424 g/mol. The van der Waals surface area contributed by atoms with Crippen LogP contribution in [0.25, 0.3) is 0 Å². The summed E-state index contributed by atoms with van der Waals surface area (Å²) in [4.78, 5) is 43.2. The van der Waals surface area contributed by atoms with E-state index in [-0.39, 0.29) is 5.78 Å². The minimum atomic E-state index is -1.09. The Hall–Kier alpha value is -2.77. The molecule has 7 nitrogen and oxygen atoms in total. The molecule has 7 heteroatoms. The minimum Gasteiger partial charge on any atom is -0.467 e. The van der Waals surface area contributed by atoms with Crippen LogP contribution in [0.2, 0.25) is 0 Å². The van der Waals surface area contributed by atoms with E-state index in [4.69, 9.17) is 9.15 Å². The second kappa shape index (κ2) is 9.16. The van der Waals surface area contributed by atoms with Gasteiger partial charge in [0, 0.05) is 31.7 Å². The number of amides is 1. The highest BCUT2D eigenvalue weighted by Crippen LogP contribution is 2.39. The molecule has 2 atom stereocenters. The molecule has 4 rings (SSSR count). The van der Waals surface area contributed by atoms with Crippen molar-refractivity contribution in [2.24, 2.45) is 5.92 Å². The summed E-state index contributed by atoms with van der Waals surface area (Å²) in [5, 5.41) is 0. The van der Waals surface area contributed by atoms with Gasteiger partial charge < -0.3 is 14.1 Å². The lowest BCUT2D eigenvalue weighted by molar-refractivity contribution is -0.140. The number of Topliss-reactive ketones (excluding diaryl/α,β-unsaturated/α-hetero) is 2. The number of ether oxygens (including phenoxy) is 1. The molecule has 0 N–H and O–H groups in total. The van der Waals surface area contributed by atoms with Crippen molar-refractivity contribution in [3.8, 4) is 0 Å². The van der Waals surface area contributed by atoms with Crippen molar-refractivity contribution in [3.63, 3.8) is 0 Å². The first-order valence-electron chi connectivity index (χ1n) is 10.8. The fourth-order valence-electron chi connectivity index (χ4n) is 4.46. The molecule has 0 saturated carbocycles. The lowest BCUT2D eigenvalue weighted by atomic mass is 9.86. The molecule has 2 aliphatic rings. The summed E-state index contributed by atoms with van der Waals surface area (Å²) in [6, 6.07) is 8.31. The predicted molar refractivity (Wildman–Crippen MR) is 114 cm³/mol. The van der Waals surface area contributed by atoms with Gasteiger partial charge in [-0.15, -0.1) is 0 Å². The van der Waals surface area contributed by atoms with Crippen molar-refractivity contribution in [2.45, 2.75) is 26.3 Å². The lowest BCUT2D eigenvalue weighted by Crippen LogP contribution is -2.39. The molecule has 3 heterocycles. The van der Waals surface area contributed by atoms with Crippen LogP contribution in [-0.2, 0) is 14.3 Å². The summed E-state index contributed by atoms with van der Waals surface area (Å²) in [7, 11) is 0. The van der Waals surface area contributed by atoms with Crippen molar-refractivity contribution in [1.82, 2.24) is 9.80 Å². The van der Waals surface area contributed by atoms with Crippen molar-refractivity contribution in [3.05, 3.63) is 59.0 Å². The first-order chi connectivity index (χ1) is 15.0. The third-order valence-corrected chi connectivity index (χ3v) is 6.16. The van der Waals surface area contributed by atoms with Gasteiger partial charge in [-0.1, -0.05) is 17.7 Å². The number of morpholine rings is 1. The summed E-state index contributed by atoms with van der Waals surface area (Å²) in [6.45, 7) is 8.09. The molecular weight excluding hydrogens is 396 g/mol. The van der Waals surface area contributed by atoms with Crippen LogP contribution in [0.5, 0.6) is 0 Å². The molecule has 0 spiro atoms. The van der Waals surface area contributed by atoms with E-state index in [1.165, 1.54) is 11.2 Å². The second-order valence-corrected chi connectivity index (χ2v) is 8.29. The lowest BCUT2D eigenvalue weighted by Gasteiger charge is -2.29. The maximum atomic E-state index is 13.5. The molecule has 2 fully saturated rings. The fourth-order valence-corrected chi connectivity index (χ4v) is 4.46. The van der Waals surface area contributed by atoms with Gasteiger partial charge in [0.25, 0.3) is 5.91 Å². The van der Waals surface area contributed by atoms with E-state index >= 15 is 0 Å². The smallest absolute Gasteiger partial charge is 0.291 e. The van der Waals surface area contributed by atoms with Gasteiger partial charge in [-0.2, -0.15) is 0 Å². The Bertz CT molecular complexity index is 962. The van der Waals surface area contributed by atoms with Crippen LogP contribution in [-0.4, -0.2) is 66.7 Å². The molecule has 31 heavy (non-hydrogen) atoms. The number of nitrogens with zero attached hydrogens (tertiary/aromatic N) is 2. The van der Waals surface area contributed by atoms with Gasteiger partial charge in [0.05, 0.1) is 19.5 Å². The van der Waals surface area contributed by atoms with E-state index in [2.05, 4.69) is 4.90 Å². The van der Waals surface area contributed by atoms with Crippen molar-refractivity contribution >= 4 is 17.5 Å². The Labute approximate surface area is 181 Å². The quantitative estimate of drug-likeness (QED) is 0.386. The van der Waals surface area contributed by atoms with E-state index in [1.54, 1.807) is 18.2 Å². The van der Waals surface area contributed by atoms with Gasteiger partial charge in [-0.25, -0.2) is 0 Å². The molecule has 1 amide bonds. The average Bonchev–Trinajstić information content (AvgIpc) is 3.38. The van der Waals surface area contributed by atoms with Crippen molar-refractivity contribution < 1.29 is 23.5 Å². The molecule has 164 valence electrons. The zero-order valence-corrected chi connectivity index (χ0v) is 18.0. The Morgan fingerprint density at radius 3 is 2.58 bits per heavy atom. The number of hydrogen-bond donors (Lipinski definition) is 0.